The molecular formula is C7H8N6O4S. The Labute approximate surface area is 104 Å². The minimum absolute atomic E-state index is 0.0638. The van der Waals surface area contributed by atoms with Gasteiger partial charge in [0.05, 0.1) is 17.7 Å². The second kappa shape index (κ2) is 5.67. The van der Waals surface area contributed by atoms with Crippen molar-refractivity contribution in [1.29, 1.82) is 0 Å². The Bertz CT molecular complexity index is 617. The molecule has 1 heterocycles. The van der Waals surface area contributed by atoms with E-state index in [1.54, 1.807) is 0 Å². The molecule has 1 aromatic rings. The van der Waals surface area contributed by atoms with Crippen molar-refractivity contribution in [3.63, 3.8) is 0 Å². The van der Waals surface area contributed by atoms with Gasteiger partial charge >= 0.3 is 16.9 Å². The van der Waals surface area contributed by atoms with Crippen LogP contribution in [0.5, 0.6) is 0 Å². The third kappa shape index (κ3) is 3.48. The number of nitrogens with zero attached hydrogens (tertiary/aromatic N) is 3. The minimum atomic E-state index is -1.06. The van der Waals surface area contributed by atoms with Crippen LogP contribution in [0.4, 0.5) is 5.69 Å². The Balaban J connectivity index is 2.96. The number of H-pyrrole nitrogens is 1. The van der Waals surface area contributed by atoms with Crippen molar-refractivity contribution in [1.82, 2.24) is 15.0 Å². The van der Waals surface area contributed by atoms with Crippen molar-refractivity contribution in [3.8, 4) is 0 Å². The van der Waals surface area contributed by atoms with Crippen molar-refractivity contribution in [2.45, 2.75) is 6.54 Å². The van der Waals surface area contributed by atoms with Gasteiger partial charge < -0.3 is 5.73 Å². The van der Waals surface area contributed by atoms with E-state index in [1.807, 2.05) is 4.98 Å². The van der Waals surface area contributed by atoms with Crippen LogP contribution in [0, 0.1) is 10.1 Å². The zero-order chi connectivity index (χ0) is 13.7. The molecule has 11 heteroatoms. The van der Waals surface area contributed by atoms with E-state index in [0.717, 1.165) is 10.8 Å². The van der Waals surface area contributed by atoms with Gasteiger partial charge in [0.25, 0.3) is 0 Å². The SMILES string of the molecule is NC(=S)N/N=C/Cn1cc([N+](=O)[O-])c(=O)[nH]c1=O. The summed E-state index contributed by atoms with van der Waals surface area (Å²) >= 11 is 4.47. The summed E-state index contributed by atoms with van der Waals surface area (Å²) < 4.78 is 0.907. The zero-order valence-corrected chi connectivity index (χ0v) is 9.64. The van der Waals surface area contributed by atoms with Crippen LogP contribution in [-0.2, 0) is 6.54 Å². The molecule has 4 N–H and O–H groups in total. The van der Waals surface area contributed by atoms with Crippen LogP contribution in [-0.4, -0.2) is 25.8 Å². The predicted octanol–water partition coefficient (Wildman–Crippen LogP) is -1.74. The first-order valence-corrected chi connectivity index (χ1v) is 4.87. The Hall–Kier alpha value is -2.56. The molecule has 0 unspecified atom stereocenters. The van der Waals surface area contributed by atoms with Gasteiger partial charge in [-0.15, -0.1) is 0 Å². The lowest BCUT2D eigenvalue weighted by Gasteiger charge is -2.00. The van der Waals surface area contributed by atoms with Crippen molar-refractivity contribution in [2.24, 2.45) is 10.8 Å². The largest absolute Gasteiger partial charge is 0.375 e. The molecule has 0 bridgehead atoms. The second-order valence-corrected chi connectivity index (χ2v) is 3.41. The average Bonchev–Trinajstić information content (AvgIpc) is 2.25. The maximum Gasteiger partial charge on any atom is 0.350 e. The number of nitrogens with two attached hydrogens (primary N) is 1. The van der Waals surface area contributed by atoms with Gasteiger partial charge in [-0.1, -0.05) is 0 Å². The van der Waals surface area contributed by atoms with Crippen molar-refractivity contribution in [2.75, 3.05) is 0 Å². The lowest BCUT2D eigenvalue weighted by atomic mass is 10.5. The number of thiocarbonyl (C=S) groups is 1. The molecule has 0 saturated heterocycles. The highest BCUT2D eigenvalue weighted by molar-refractivity contribution is 7.80. The van der Waals surface area contributed by atoms with E-state index >= 15 is 0 Å². The number of nitrogens with one attached hydrogen (secondary N) is 2. The molecule has 1 rings (SSSR count). The molecule has 0 aromatic carbocycles. The van der Waals surface area contributed by atoms with Crippen LogP contribution in [0.2, 0.25) is 0 Å². The molecule has 0 aliphatic carbocycles. The molecule has 0 fully saturated rings. The summed E-state index contributed by atoms with van der Waals surface area (Å²) in [6, 6.07) is 0. The Morgan fingerprint density at radius 1 is 1.72 bits per heavy atom. The normalized spacial score (nSPS) is 10.4. The first-order valence-electron chi connectivity index (χ1n) is 4.47. The number of hydrazone groups is 1. The summed E-state index contributed by atoms with van der Waals surface area (Å²) in [7, 11) is 0. The summed E-state index contributed by atoms with van der Waals surface area (Å²) in [5.74, 6) is 0. The number of aromatic amines is 1. The molecule has 10 nitrogen and oxygen atoms in total. The molecule has 0 saturated carbocycles. The van der Waals surface area contributed by atoms with E-state index in [1.165, 1.54) is 6.21 Å². The first kappa shape index (κ1) is 13.5. The number of hydrogen-bond donors (Lipinski definition) is 3. The van der Waals surface area contributed by atoms with Gasteiger partial charge in [-0.3, -0.25) is 29.9 Å². The maximum atomic E-state index is 11.3. The van der Waals surface area contributed by atoms with E-state index in [4.69, 9.17) is 5.73 Å². The molecule has 0 aliphatic heterocycles. The molecule has 0 aliphatic rings. The highest BCUT2D eigenvalue weighted by Gasteiger charge is 2.14. The Morgan fingerprint density at radius 3 is 2.94 bits per heavy atom. The average molecular weight is 272 g/mol. The first-order chi connectivity index (χ1) is 8.41. The predicted molar refractivity (Wildman–Crippen MR) is 66.4 cm³/mol. The monoisotopic (exact) mass is 272 g/mol. The fourth-order valence-corrected chi connectivity index (χ4v) is 1.05. The van der Waals surface area contributed by atoms with E-state index in [0.29, 0.717) is 0 Å². The molecule has 0 radical (unpaired) electrons. The fourth-order valence-electron chi connectivity index (χ4n) is 1.00. The molecular weight excluding hydrogens is 264 g/mol. The summed E-state index contributed by atoms with van der Waals surface area (Å²) in [6.07, 6.45) is 2.04. The van der Waals surface area contributed by atoms with Crippen molar-refractivity contribution < 1.29 is 4.92 Å². The van der Waals surface area contributed by atoms with Crippen molar-refractivity contribution in [3.05, 3.63) is 37.1 Å². The molecule has 0 spiro atoms. The van der Waals surface area contributed by atoms with Gasteiger partial charge in [-0.2, -0.15) is 5.10 Å². The van der Waals surface area contributed by atoms with Gasteiger partial charge in [0.1, 0.15) is 0 Å². The highest BCUT2D eigenvalue weighted by atomic mass is 32.1. The number of hydrogen-bond acceptors (Lipinski definition) is 6. The molecule has 0 atom stereocenters. The fraction of sp³-hybridized carbons (Fsp3) is 0.143. The number of aromatic nitrogens is 2. The summed E-state index contributed by atoms with van der Waals surface area (Å²) in [5, 5.41) is 14.0. The van der Waals surface area contributed by atoms with E-state index < -0.39 is 21.9 Å². The summed E-state index contributed by atoms with van der Waals surface area (Å²) in [4.78, 5) is 33.8. The third-order valence-electron chi connectivity index (χ3n) is 1.73. The van der Waals surface area contributed by atoms with Gasteiger partial charge in [0.2, 0.25) is 0 Å². The van der Waals surface area contributed by atoms with Crippen LogP contribution < -0.4 is 22.4 Å². The molecule has 0 amide bonds. The Morgan fingerprint density at radius 2 is 2.39 bits per heavy atom. The van der Waals surface area contributed by atoms with Gasteiger partial charge in [0, 0.05) is 6.21 Å². The summed E-state index contributed by atoms with van der Waals surface area (Å²) in [5.41, 5.74) is 4.76. The van der Waals surface area contributed by atoms with Crippen LogP contribution >= 0.6 is 12.2 Å². The molecule has 18 heavy (non-hydrogen) atoms. The topological polar surface area (TPSA) is 148 Å². The third-order valence-corrected chi connectivity index (χ3v) is 1.82. The zero-order valence-electron chi connectivity index (χ0n) is 8.82. The van der Waals surface area contributed by atoms with Crippen molar-refractivity contribution >= 4 is 29.2 Å². The van der Waals surface area contributed by atoms with Crippen LogP contribution in [0.25, 0.3) is 0 Å². The van der Waals surface area contributed by atoms with Gasteiger partial charge in [0.15, 0.2) is 5.11 Å². The molecule has 1 aromatic heterocycles. The minimum Gasteiger partial charge on any atom is -0.375 e. The van der Waals surface area contributed by atoms with Gasteiger partial charge in [-0.25, -0.2) is 4.79 Å². The van der Waals surface area contributed by atoms with Crippen LogP contribution in [0.1, 0.15) is 0 Å². The van der Waals surface area contributed by atoms with Crippen LogP contribution in [0.3, 0.4) is 0 Å². The van der Waals surface area contributed by atoms with Crippen LogP contribution in [0.15, 0.2) is 20.9 Å². The highest BCUT2D eigenvalue weighted by Crippen LogP contribution is 1.97. The Kier molecular flexibility index (Phi) is 4.26. The quantitative estimate of drug-likeness (QED) is 0.255. The van der Waals surface area contributed by atoms with Gasteiger partial charge in [-0.05, 0) is 12.2 Å². The number of rotatable bonds is 4. The molecule has 96 valence electrons. The lowest BCUT2D eigenvalue weighted by Crippen LogP contribution is -2.31. The standard InChI is InChI=1S/C7H8N6O4S/c8-6(18)11-9-1-2-12-3-4(13(16)17)5(14)10-7(12)15/h1,3H,2H2,(H3,8,11,18)(H,10,14,15)/b9-1+. The second-order valence-electron chi connectivity index (χ2n) is 2.97. The lowest BCUT2D eigenvalue weighted by molar-refractivity contribution is -0.386. The maximum absolute atomic E-state index is 11.3. The van der Waals surface area contributed by atoms with E-state index in [2.05, 4.69) is 22.7 Å². The summed E-state index contributed by atoms with van der Waals surface area (Å²) in [6.45, 7) is -0.0912. The van der Waals surface area contributed by atoms with E-state index in [9.17, 15) is 19.7 Å². The smallest absolute Gasteiger partial charge is 0.350 e. The number of nitro groups is 1. The van der Waals surface area contributed by atoms with E-state index in [-0.39, 0.29) is 11.7 Å².